The fraction of sp³-hybridized carbons (Fsp3) is 0.435. The molecule has 1 heterocycles. The first-order valence-electron chi connectivity index (χ1n) is 10.6. The van der Waals surface area contributed by atoms with Gasteiger partial charge < -0.3 is 15.1 Å². The largest absolute Gasteiger partial charge is 0.368 e. The molecule has 0 saturated carbocycles. The van der Waals surface area contributed by atoms with Gasteiger partial charge in [0.15, 0.2) is 5.96 Å². The predicted molar refractivity (Wildman–Crippen MR) is 143 cm³/mol. The molecule has 1 fully saturated rings. The van der Waals surface area contributed by atoms with Crippen LogP contribution in [-0.2, 0) is 22.3 Å². The van der Waals surface area contributed by atoms with Crippen molar-refractivity contribution in [3.63, 3.8) is 0 Å². The first-order chi connectivity index (χ1) is 14.8. The lowest BCUT2D eigenvalue weighted by Crippen LogP contribution is -2.52. The number of rotatable bonds is 6. The van der Waals surface area contributed by atoms with E-state index in [1.807, 2.05) is 24.3 Å². The Kier molecular flexibility index (Phi) is 9.78. The maximum absolute atomic E-state index is 11.8. The van der Waals surface area contributed by atoms with Crippen LogP contribution in [0, 0.1) is 13.8 Å². The molecule has 0 unspecified atom stereocenters. The number of halogens is 1. The number of aryl methyl sites for hydroxylation is 1. The number of nitrogens with one attached hydrogen (secondary N) is 2. The van der Waals surface area contributed by atoms with Crippen LogP contribution in [0.1, 0.15) is 22.3 Å². The van der Waals surface area contributed by atoms with Gasteiger partial charge in [-0.25, -0.2) is 13.1 Å². The minimum Gasteiger partial charge on any atom is -0.368 e. The van der Waals surface area contributed by atoms with Crippen LogP contribution in [0.3, 0.4) is 0 Å². The van der Waals surface area contributed by atoms with E-state index in [1.165, 1.54) is 23.9 Å². The topological polar surface area (TPSA) is 77.0 Å². The molecular formula is C23H34IN5O2S. The maximum atomic E-state index is 11.8. The molecule has 1 aliphatic rings. The molecule has 0 aromatic heterocycles. The quantitative estimate of drug-likeness (QED) is 0.317. The summed E-state index contributed by atoms with van der Waals surface area (Å²) in [5.41, 5.74) is 5.78. The average molecular weight is 572 g/mol. The van der Waals surface area contributed by atoms with E-state index in [2.05, 4.69) is 56.9 Å². The summed E-state index contributed by atoms with van der Waals surface area (Å²) in [5, 5.41) is 3.43. The number of piperazine rings is 1. The van der Waals surface area contributed by atoms with Crippen LogP contribution in [0.4, 0.5) is 5.69 Å². The smallest absolute Gasteiger partial charge is 0.215 e. The minimum absolute atomic E-state index is 0. The Morgan fingerprint density at radius 2 is 1.69 bits per heavy atom. The van der Waals surface area contributed by atoms with Crippen molar-refractivity contribution in [3.05, 3.63) is 64.7 Å². The molecule has 0 spiro atoms. The van der Waals surface area contributed by atoms with Gasteiger partial charge in [0, 0.05) is 45.5 Å². The lowest BCUT2D eigenvalue weighted by molar-refractivity contribution is 0.372. The van der Waals surface area contributed by atoms with E-state index in [0.29, 0.717) is 6.54 Å². The number of sulfonamides is 1. The molecule has 2 N–H and O–H groups in total. The lowest BCUT2D eigenvalue weighted by atomic mass is 10.1. The molecule has 2 aromatic rings. The Balaban J connectivity index is 0.00000363. The van der Waals surface area contributed by atoms with Gasteiger partial charge in [-0.2, -0.15) is 0 Å². The fourth-order valence-electron chi connectivity index (χ4n) is 3.87. The molecule has 0 atom stereocenters. The van der Waals surface area contributed by atoms with Crippen molar-refractivity contribution in [1.29, 1.82) is 0 Å². The van der Waals surface area contributed by atoms with Gasteiger partial charge in [0.1, 0.15) is 0 Å². The van der Waals surface area contributed by atoms with E-state index < -0.39 is 10.0 Å². The van der Waals surface area contributed by atoms with Crippen molar-refractivity contribution in [2.75, 3.05) is 45.2 Å². The van der Waals surface area contributed by atoms with Gasteiger partial charge in [0.2, 0.25) is 10.0 Å². The zero-order valence-electron chi connectivity index (χ0n) is 19.3. The second-order valence-electron chi connectivity index (χ2n) is 7.88. The number of anilines is 1. The molecule has 9 heteroatoms. The second-order valence-corrected chi connectivity index (χ2v) is 9.80. The standard InChI is InChI=1S/C23H33N5O2S.HI/c1-18-7-5-10-22(19(18)2)27-11-13-28(14-12-27)23(24-3)26-16-20-8-6-9-21(15-20)17-31(29,30)25-4;/h5-10,15,25H,11-14,16-17H2,1-4H3,(H,24,26);1H. The van der Waals surface area contributed by atoms with Crippen LogP contribution in [0.5, 0.6) is 0 Å². The molecule has 1 saturated heterocycles. The van der Waals surface area contributed by atoms with Gasteiger partial charge in [-0.3, -0.25) is 4.99 Å². The highest BCUT2D eigenvalue weighted by Crippen LogP contribution is 2.23. The Morgan fingerprint density at radius 3 is 2.34 bits per heavy atom. The summed E-state index contributed by atoms with van der Waals surface area (Å²) in [6, 6.07) is 14.1. The third-order valence-corrected chi connectivity index (χ3v) is 7.15. The molecule has 0 bridgehead atoms. The van der Waals surface area contributed by atoms with E-state index in [4.69, 9.17) is 0 Å². The summed E-state index contributed by atoms with van der Waals surface area (Å²) in [6.45, 7) is 8.63. The first-order valence-corrected chi connectivity index (χ1v) is 12.2. The molecule has 176 valence electrons. The van der Waals surface area contributed by atoms with Crippen molar-refractivity contribution in [3.8, 4) is 0 Å². The van der Waals surface area contributed by atoms with E-state index in [9.17, 15) is 8.42 Å². The number of aliphatic imine (C=N–C) groups is 1. The number of hydrogen-bond acceptors (Lipinski definition) is 4. The second kappa shape index (κ2) is 11.9. The van der Waals surface area contributed by atoms with E-state index in [0.717, 1.165) is 43.3 Å². The van der Waals surface area contributed by atoms with E-state index in [-0.39, 0.29) is 29.7 Å². The molecule has 0 radical (unpaired) electrons. The number of nitrogens with zero attached hydrogens (tertiary/aromatic N) is 3. The van der Waals surface area contributed by atoms with Gasteiger partial charge in [0.05, 0.1) is 5.75 Å². The highest BCUT2D eigenvalue weighted by Gasteiger charge is 2.21. The summed E-state index contributed by atoms with van der Waals surface area (Å²) in [5.74, 6) is 0.848. The molecule has 1 aliphatic heterocycles. The third-order valence-electron chi connectivity index (χ3n) is 5.82. The van der Waals surface area contributed by atoms with Crippen LogP contribution < -0.4 is 14.9 Å². The highest BCUT2D eigenvalue weighted by molar-refractivity contribution is 14.0. The predicted octanol–water partition coefficient (Wildman–Crippen LogP) is 2.87. The highest BCUT2D eigenvalue weighted by atomic mass is 127. The molecular weight excluding hydrogens is 537 g/mol. The first kappa shape index (κ1) is 26.4. The van der Waals surface area contributed by atoms with Crippen molar-refractivity contribution in [1.82, 2.24) is 14.9 Å². The monoisotopic (exact) mass is 571 g/mol. The van der Waals surface area contributed by atoms with Gasteiger partial charge in [-0.1, -0.05) is 36.4 Å². The van der Waals surface area contributed by atoms with E-state index in [1.54, 1.807) is 7.05 Å². The van der Waals surface area contributed by atoms with Crippen LogP contribution in [0.2, 0.25) is 0 Å². The number of benzene rings is 2. The third kappa shape index (κ3) is 6.82. The van der Waals surface area contributed by atoms with Gasteiger partial charge in [-0.15, -0.1) is 24.0 Å². The van der Waals surface area contributed by atoms with Crippen LogP contribution in [-0.4, -0.2) is 59.6 Å². The van der Waals surface area contributed by atoms with Crippen LogP contribution >= 0.6 is 24.0 Å². The summed E-state index contributed by atoms with van der Waals surface area (Å²) < 4.78 is 26.0. The summed E-state index contributed by atoms with van der Waals surface area (Å²) >= 11 is 0. The van der Waals surface area contributed by atoms with E-state index >= 15 is 0 Å². The Morgan fingerprint density at radius 1 is 1.03 bits per heavy atom. The number of hydrogen-bond donors (Lipinski definition) is 2. The fourth-order valence-corrected chi connectivity index (χ4v) is 4.63. The van der Waals surface area contributed by atoms with Crippen molar-refractivity contribution < 1.29 is 8.42 Å². The van der Waals surface area contributed by atoms with Crippen molar-refractivity contribution in [2.45, 2.75) is 26.1 Å². The molecule has 0 amide bonds. The molecule has 2 aromatic carbocycles. The Hall–Kier alpha value is -1.85. The van der Waals surface area contributed by atoms with Crippen LogP contribution in [0.25, 0.3) is 0 Å². The average Bonchev–Trinajstić information content (AvgIpc) is 2.76. The number of guanidine groups is 1. The summed E-state index contributed by atoms with van der Waals surface area (Å²) in [7, 11) is -0.0472. The lowest BCUT2D eigenvalue weighted by Gasteiger charge is -2.38. The molecule has 32 heavy (non-hydrogen) atoms. The van der Waals surface area contributed by atoms with Crippen LogP contribution in [0.15, 0.2) is 47.5 Å². The summed E-state index contributed by atoms with van der Waals surface area (Å²) in [6.07, 6.45) is 0. The molecule has 0 aliphatic carbocycles. The minimum atomic E-state index is -3.28. The van der Waals surface area contributed by atoms with Gasteiger partial charge in [-0.05, 0) is 49.2 Å². The molecule has 7 nitrogen and oxygen atoms in total. The van der Waals surface area contributed by atoms with Gasteiger partial charge in [0.25, 0.3) is 0 Å². The summed E-state index contributed by atoms with van der Waals surface area (Å²) in [4.78, 5) is 9.18. The normalized spacial score (nSPS) is 14.8. The Labute approximate surface area is 209 Å². The van der Waals surface area contributed by atoms with Gasteiger partial charge >= 0.3 is 0 Å². The maximum Gasteiger partial charge on any atom is 0.215 e. The van der Waals surface area contributed by atoms with Crippen molar-refractivity contribution >= 4 is 45.6 Å². The van der Waals surface area contributed by atoms with Crippen molar-refractivity contribution in [2.24, 2.45) is 4.99 Å². The zero-order valence-corrected chi connectivity index (χ0v) is 22.4. The Bertz CT molecular complexity index is 1030. The molecule has 3 rings (SSSR count). The SMILES string of the molecule is CN=C(NCc1cccc(CS(=O)(=O)NC)c1)N1CCN(c2cccc(C)c2C)CC1.I. The zero-order chi connectivity index (χ0) is 22.4.